The van der Waals surface area contributed by atoms with E-state index >= 15 is 0 Å². The third kappa shape index (κ3) is 2.93. The maximum Gasteiger partial charge on any atom is 0.265 e. The zero-order chi connectivity index (χ0) is 18.1. The molecule has 2 rings (SSSR count). The highest BCUT2D eigenvalue weighted by molar-refractivity contribution is 6.77. The van der Waals surface area contributed by atoms with E-state index in [9.17, 15) is 9.59 Å². The molecular formula is C19H27NO3Si. The second-order valence-corrected chi connectivity index (χ2v) is 12.7. The summed E-state index contributed by atoms with van der Waals surface area (Å²) in [6.07, 6.45) is 3.05. The highest BCUT2D eigenvalue weighted by Gasteiger charge is 2.46. The second kappa shape index (κ2) is 6.93. The minimum atomic E-state index is -2.06. The molecule has 0 saturated carbocycles. The van der Waals surface area contributed by atoms with Crippen LogP contribution in [0.2, 0.25) is 16.6 Å². The molecule has 1 aliphatic heterocycles. The second-order valence-electron chi connectivity index (χ2n) is 7.25. The first-order chi connectivity index (χ1) is 11.2. The molecule has 4 nitrogen and oxygen atoms in total. The Morgan fingerprint density at radius 1 is 0.875 bits per heavy atom. The number of fused-ring (bicyclic) bond motifs is 1. The van der Waals surface area contributed by atoms with Crippen molar-refractivity contribution in [3.8, 4) is 0 Å². The minimum absolute atomic E-state index is 0.290. The predicted octanol–water partition coefficient (Wildman–Crippen LogP) is 4.95. The van der Waals surface area contributed by atoms with Crippen molar-refractivity contribution in [1.29, 1.82) is 0 Å². The van der Waals surface area contributed by atoms with E-state index in [1.807, 2.05) is 0 Å². The summed E-state index contributed by atoms with van der Waals surface area (Å²) in [5.41, 5.74) is 2.21. The molecule has 5 heteroatoms. The maximum atomic E-state index is 12.4. The van der Waals surface area contributed by atoms with Crippen LogP contribution in [0.3, 0.4) is 0 Å². The van der Waals surface area contributed by atoms with Crippen LogP contribution in [0.4, 0.5) is 0 Å². The molecule has 1 heterocycles. The van der Waals surface area contributed by atoms with Gasteiger partial charge in [-0.25, -0.2) is 4.90 Å². The molecule has 0 atom stereocenters. The summed E-state index contributed by atoms with van der Waals surface area (Å²) in [5.74, 6) is -0.581. The lowest BCUT2D eigenvalue weighted by Gasteiger charge is -2.41. The Labute approximate surface area is 145 Å². The molecule has 2 amide bonds. The average Bonchev–Trinajstić information content (AvgIpc) is 2.75. The Morgan fingerprint density at radius 2 is 1.29 bits per heavy atom. The number of carbonyl (C=O) groups is 2. The smallest absolute Gasteiger partial charge is 0.265 e. The first kappa shape index (κ1) is 18.5. The molecule has 0 bridgehead atoms. The van der Waals surface area contributed by atoms with Crippen molar-refractivity contribution in [2.75, 3.05) is 0 Å². The van der Waals surface area contributed by atoms with E-state index < -0.39 is 8.32 Å². The topological polar surface area (TPSA) is 46.6 Å². The summed E-state index contributed by atoms with van der Waals surface area (Å²) in [4.78, 5) is 25.9. The van der Waals surface area contributed by atoms with Crippen molar-refractivity contribution in [2.45, 2.75) is 58.2 Å². The van der Waals surface area contributed by atoms with E-state index in [2.05, 4.69) is 41.5 Å². The van der Waals surface area contributed by atoms with E-state index in [4.69, 9.17) is 4.43 Å². The standard InChI is InChI=1S/C19H27NO3Si/c1-13(2)24(14(3)4,15(5)6)23-12-11-20-18(21)16-9-7-8-10-17(16)19(20)22/h7-15H,1-6H3/b12-11+. The number of hydrogen-bond donors (Lipinski definition) is 0. The van der Waals surface area contributed by atoms with Gasteiger partial charge in [-0.15, -0.1) is 0 Å². The molecule has 0 unspecified atom stereocenters. The number of rotatable bonds is 6. The molecule has 0 fully saturated rings. The van der Waals surface area contributed by atoms with Gasteiger partial charge in [-0.05, 0) is 28.8 Å². The lowest BCUT2D eigenvalue weighted by molar-refractivity contribution is 0.0718. The van der Waals surface area contributed by atoms with Crippen molar-refractivity contribution in [1.82, 2.24) is 4.90 Å². The van der Waals surface area contributed by atoms with Gasteiger partial charge in [0.2, 0.25) is 0 Å². The SMILES string of the molecule is CC(C)[Si](O/C=C/N1C(=O)c2ccccc2C1=O)(C(C)C)C(C)C. The van der Waals surface area contributed by atoms with Crippen LogP contribution in [-0.4, -0.2) is 25.0 Å². The summed E-state index contributed by atoms with van der Waals surface area (Å²) in [5, 5.41) is 0. The Morgan fingerprint density at radius 3 is 1.67 bits per heavy atom. The van der Waals surface area contributed by atoms with Crippen molar-refractivity contribution in [3.63, 3.8) is 0 Å². The van der Waals surface area contributed by atoms with Crippen LogP contribution in [0, 0.1) is 0 Å². The summed E-state index contributed by atoms with van der Waals surface area (Å²) < 4.78 is 6.28. The van der Waals surface area contributed by atoms with E-state index in [1.165, 1.54) is 6.20 Å². The normalized spacial score (nSPS) is 15.3. The van der Waals surface area contributed by atoms with Crippen LogP contribution < -0.4 is 0 Å². The number of imide groups is 1. The van der Waals surface area contributed by atoms with Gasteiger partial charge in [-0.3, -0.25) is 9.59 Å². The van der Waals surface area contributed by atoms with Crippen LogP contribution in [0.15, 0.2) is 36.7 Å². The van der Waals surface area contributed by atoms with Crippen LogP contribution in [0.25, 0.3) is 0 Å². The first-order valence-corrected chi connectivity index (χ1v) is 10.7. The Hall–Kier alpha value is -1.88. The molecule has 0 radical (unpaired) electrons. The van der Waals surface area contributed by atoms with Gasteiger partial charge in [0, 0.05) is 6.20 Å². The average molecular weight is 346 g/mol. The van der Waals surface area contributed by atoms with E-state index in [1.54, 1.807) is 30.5 Å². The summed E-state index contributed by atoms with van der Waals surface area (Å²) in [6.45, 7) is 13.2. The molecule has 0 aromatic heterocycles. The van der Waals surface area contributed by atoms with Gasteiger partial charge < -0.3 is 4.43 Å². The lowest BCUT2D eigenvalue weighted by Crippen LogP contribution is -2.46. The molecular weight excluding hydrogens is 318 g/mol. The fourth-order valence-electron chi connectivity index (χ4n) is 3.96. The Balaban J connectivity index is 2.23. The van der Waals surface area contributed by atoms with Gasteiger partial charge in [0.25, 0.3) is 20.1 Å². The first-order valence-electron chi connectivity index (χ1n) is 8.54. The monoisotopic (exact) mass is 345 g/mol. The zero-order valence-electron chi connectivity index (χ0n) is 15.4. The number of hydrogen-bond acceptors (Lipinski definition) is 3. The highest BCUT2D eigenvalue weighted by Crippen LogP contribution is 2.42. The van der Waals surface area contributed by atoms with Crippen molar-refractivity contribution >= 4 is 20.1 Å². The van der Waals surface area contributed by atoms with Gasteiger partial charge in [0.05, 0.1) is 17.4 Å². The van der Waals surface area contributed by atoms with Gasteiger partial charge >= 0.3 is 0 Å². The maximum absolute atomic E-state index is 12.4. The van der Waals surface area contributed by atoms with Gasteiger partial charge in [-0.2, -0.15) is 0 Å². The fourth-order valence-corrected chi connectivity index (χ4v) is 9.07. The minimum Gasteiger partial charge on any atom is -0.547 e. The zero-order valence-corrected chi connectivity index (χ0v) is 16.4. The van der Waals surface area contributed by atoms with E-state index in [0.29, 0.717) is 27.8 Å². The number of benzene rings is 1. The third-order valence-electron chi connectivity index (χ3n) is 5.01. The number of nitrogens with zero attached hydrogens (tertiary/aromatic N) is 1. The van der Waals surface area contributed by atoms with Crippen molar-refractivity contribution in [2.24, 2.45) is 0 Å². The van der Waals surface area contributed by atoms with Crippen LogP contribution in [0.5, 0.6) is 0 Å². The Kier molecular flexibility index (Phi) is 5.33. The van der Waals surface area contributed by atoms with Gasteiger partial charge in [0.15, 0.2) is 0 Å². The predicted molar refractivity (Wildman–Crippen MR) is 98.2 cm³/mol. The summed E-state index contributed by atoms with van der Waals surface area (Å²) in [6, 6.07) is 6.89. The third-order valence-corrected chi connectivity index (χ3v) is 11.0. The summed E-state index contributed by atoms with van der Waals surface area (Å²) >= 11 is 0. The Bertz CT molecular complexity index is 608. The number of amides is 2. The molecule has 0 saturated heterocycles. The van der Waals surface area contributed by atoms with Crippen molar-refractivity contribution < 1.29 is 14.0 Å². The molecule has 24 heavy (non-hydrogen) atoms. The highest BCUT2D eigenvalue weighted by atomic mass is 28.4. The van der Waals surface area contributed by atoms with Gasteiger partial charge in [-0.1, -0.05) is 53.7 Å². The van der Waals surface area contributed by atoms with Crippen LogP contribution >= 0.6 is 0 Å². The molecule has 0 N–H and O–H groups in total. The molecule has 0 spiro atoms. The molecule has 1 aliphatic rings. The molecule has 1 aromatic carbocycles. The number of carbonyl (C=O) groups excluding carboxylic acids is 2. The van der Waals surface area contributed by atoms with Crippen molar-refractivity contribution in [3.05, 3.63) is 47.9 Å². The summed E-state index contributed by atoms with van der Waals surface area (Å²) in [7, 11) is -2.06. The largest absolute Gasteiger partial charge is 0.547 e. The molecule has 1 aromatic rings. The quantitative estimate of drug-likeness (QED) is 0.416. The van der Waals surface area contributed by atoms with Gasteiger partial charge in [0.1, 0.15) is 0 Å². The van der Waals surface area contributed by atoms with E-state index in [0.717, 1.165) is 4.90 Å². The van der Waals surface area contributed by atoms with Crippen LogP contribution in [0.1, 0.15) is 62.3 Å². The molecule has 130 valence electrons. The van der Waals surface area contributed by atoms with E-state index in [-0.39, 0.29) is 11.8 Å². The van der Waals surface area contributed by atoms with Crippen LogP contribution in [-0.2, 0) is 4.43 Å². The fraction of sp³-hybridized carbons (Fsp3) is 0.474. The lowest BCUT2D eigenvalue weighted by atomic mass is 10.1. The molecule has 0 aliphatic carbocycles.